The number of carbonyl (C=O) groups excluding carboxylic acids is 1. The molecule has 1 aromatic heterocycles. The maximum absolute atomic E-state index is 13.3. The van der Waals surface area contributed by atoms with Gasteiger partial charge in [-0.3, -0.25) is 20.0 Å². The van der Waals surface area contributed by atoms with E-state index in [1.165, 1.54) is 23.5 Å². The van der Waals surface area contributed by atoms with E-state index in [0.29, 0.717) is 16.4 Å². The number of anilines is 1. The predicted molar refractivity (Wildman–Crippen MR) is 120 cm³/mol. The number of carbonyl (C=O) groups is 1. The van der Waals surface area contributed by atoms with Crippen LogP contribution < -0.4 is 10.3 Å². The van der Waals surface area contributed by atoms with E-state index in [-0.39, 0.29) is 11.7 Å². The van der Waals surface area contributed by atoms with Gasteiger partial charge in [0.2, 0.25) is 6.29 Å². The van der Waals surface area contributed by atoms with Gasteiger partial charge < -0.3 is 0 Å². The number of fused-ring (bicyclic) bond motifs is 3. The highest BCUT2D eigenvalue weighted by Crippen LogP contribution is 2.39. The molecule has 1 atom stereocenters. The maximum Gasteiger partial charge on any atom is 0.269 e. The Bertz CT molecular complexity index is 1120. The van der Waals surface area contributed by atoms with Crippen LogP contribution in [0.3, 0.4) is 0 Å². The Kier molecular flexibility index (Phi) is 5.14. The van der Waals surface area contributed by atoms with Crippen LogP contribution in [-0.2, 0) is 12.3 Å². The minimum Gasteiger partial charge on any atom is -0.294 e. The first-order chi connectivity index (χ1) is 14.6. The van der Waals surface area contributed by atoms with Crippen LogP contribution in [0.25, 0.3) is 0 Å². The third kappa shape index (κ3) is 3.55. The van der Waals surface area contributed by atoms with Gasteiger partial charge in [0.05, 0.1) is 5.69 Å². The molecule has 0 radical (unpaired) electrons. The van der Waals surface area contributed by atoms with E-state index in [9.17, 15) is 9.18 Å². The Morgan fingerprint density at radius 1 is 1.10 bits per heavy atom. The van der Waals surface area contributed by atoms with Crippen LogP contribution >= 0.6 is 34.7 Å². The minimum atomic E-state index is -0.419. The first-order valence-corrected chi connectivity index (χ1v) is 11.5. The molecule has 5 rings (SSSR count). The van der Waals surface area contributed by atoms with Crippen molar-refractivity contribution in [3.8, 4) is 0 Å². The van der Waals surface area contributed by atoms with E-state index in [0.717, 1.165) is 27.7 Å². The number of hydrazone groups is 1. The molecule has 3 aromatic rings. The maximum atomic E-state index is 13.3. The van der Waals surface area contributed by atoms with Crippen molar-refractivity contribution in [1.29, 1.82) is 0 Å². The van der Waals surface area contributed by atoms with Gasteiger partial charge in [-0.25, -0.2) is 4.39 Å². The number of hydrogen-bond donors (Lipinski definition) is 1. The van der Waals surface area contributed by atoms with E-state index >= 15 is 0 Å². The molecule has 9 heteroatoms. The lowest BCUT2D eigenvalue weighted by atomic mass is 10.1. The summed E-state index contributed by atoms with van der Waals surface area (Å²) in [6.07, 6.45) is -0.419. The minimum absolute atomic E-state index is 0.0581. The fraction of sp³-hybridized carbons (Fsp3) is 0.143. The summed E-state index contributed by atoms with van der Waals surface area (Å²) in [7, 11) is 0. The van der Waals surface area contributed by atoms with Crippen LogP contribution in [0.4, 0.5) is 10.1 Å². The van der Waals surface area contributed by atoms with Crippen LogP contribution in [-0.4, -0.2) is 22.3 Å². The highest BCUT2D eigenvalue weighted by Gasteiger charge is 2.43. The average molecular weight is 459 g/mol. The smallest absolute Gasteiger partial charge is 0.269 e. The van der Waals surface area contributed by atoms with Gasteiger partial charge in [-0.1, -0.05) is 47.6 Å². The van der Waals surface area contributed by atoms with E-state index in [2.05, 4.69) is 15.4 Å². The number of benzene rings is 2. The van der Waals surface area contributed by atoms with Gasteiger partial charge in [0.25, 0.3) is 5.91 Å². The van der Waals surface area contributed by atoms with Crippen LogP contribution in [0.15, 0.2) is 65.1 Å². The van der Waals surface area contributed by atoms with Crippen LogP contribution in [0.5, 0.6) is 0 Å². The normalized spacial score (nSPS) is 17.5. The van der Waals surface area contributed by atoms with E-state index in [4.69, 9.17) is 11.6 Å². The van der Waals surface area contributed by atoms with E-state index < -0.39 is 6.29 Å². The number of thioether (sulfide) groups is 1. The number of amides is 1. The lowest BCUT2D eigenvalue weighted by molar-refractivity contribution is 0.0629. The molecule has 1 amide bonds. The molecule has 1 N–H and O–H groups in total. The lowest BCUT2D eigenvalue weighted by Gasteiger charge is -2.39. The molecule has 0 aliphatic carbocycles. The molecule has 0 bridgehead atoms. The number of amidine groups is 1. The summed E-state index contributed by atoms with van der Waals surface area (Å²) < 4.78 is 13.3. The van der Waals surface area contributed by atoms with Crippen molar-refractivity contribution in [2.24, 2.45) is 5.10 Å². The molecule has 2 aliphatic rings. The molecule has 0 fully saturated rings. The van der Waals surface area contributed by atoms with Crippen molar-refractivity contribution < 1.29 is 9.18 Å². The van der Waals surface area contributed by atoms with Gasteiger partial charge in [0, 0.05) is 17.3 Å². The zero-order valence-corrected chi connectivity index (χ0v) is 18.0. The number of rotatable bonds is 4. The predicted octanol–water partition coefficient (Wildman–Crippen LogP) is 5.09. The molecule has 152 valence electrons. The number of halogens is 2. The topological polar surface area (TPSA) is 47.9 Å². The first-order valence-electron chi connectivity index (χ1n) is 9.23. The molecule has 0 saturated heterocycles. The van der Waals surface area contributed by atoms with Gasteiger partial charge in [0.1, 0.15) is 10.7 Å². The number of thiophene rings is 1. The Labute approximate surface area is 186 Å². The monoisotopic (exact) mass is 458 g/mol. The van der Waals surface area contributed by atoms with Crippen molar-refractivity contribution in [2.45, 2.75) is 18.6 Å². The quantitative estimate of drug-likeness (QED) is 0.591. The van der Waals surface area contributed by atoms with Crippen LogP contribution in [0, 0.1) is 5.82 Å². The molecular formula is C21H16ClFN4OS2. The van der Waals surface area contributed by atoms with Gasteiger partial charge in [-0.15, -0.1) is 11.3 Å². The Hall–Kier alpha value is -2.55. The van der Waals surface area contributed by atoms with Crippen LogP contribution in [0.2, 0.25) is 5.02 Å². The molecule has 0 spiro atoms. The summed E-state index contributed by atoms with van der Waals surface area (Å²) in [6, 6.07) is 15.9. The zero-order valence-electron chi connectivity index (χ0n) is 15.6. The SMILES string of the molecule is O=C1c2sccc2N2C(SCc3ccc(Cl)cc3)=NNC2N1Cc1ccc(F)cc1. The van der Waals surface area contributed by atoms with Gasteiger partial charge in [-0.2, -0.15) is 5.10 Å². The molecule has 5 nitrogen and oxygen atoms in total. The van der Waals surface area contributed by atoms with Crippen molar-refractivity contribution >= 4 is 51.5 Å². The van der Waals surface area contributed by atoms with Gasteiger partial charge >= 0.3 is 0 Å². The third-order valence-corrected chi connectivity index (χ3v) is 7.10. The molecule has 30 heavy (non-hydrogen) atoms. The summed E-state index contributed by atoms with van der Waals surface area (Å²) >= 11 is 8.99. The van der Waals surface area contributed by atoms with Crippen molar-refractivity contribution in [3.63, 3.8) is 0 Å². The van der Waals surface area contributed by atoms with Crippen molar-refractivity contribution in [2.75, 3.05) is 4.90 Å². The lowest BCUT2D eigenvalue weighted by Crippen LogP contribution is -2.57. The Morgan fingerprint density at radius 3 is 2.60 bits per heavy atom. The number of nitrogens with zero attached hydrogens (tertiary/aromatic N) is 3. The average Bonchev–Trinajstić information content (AvgIpc) is 3.39. The van der Waals surface area contributed by atoms with E-state index in [1.807, 2.05) is 35.7 Å². The Morgan fingerprint density at radius 2 is 1.83 bits per heavy atom. The Balaban J connectivity index is 1.39. The summed E-state index contributed by atoms with van der Waals surface area (Å²) in [5, 5.41) is 7.93. The van der Waals surface area contributed by atoms with Crippen molar-refractivity contribution in [1.82, 2.24) is 10.3 Å². The van der Waals surface area contributed by atoms with Crippen molar-refractivity contribution in [3.05, 3.63) is 86.8 Å². The summed E-state index contributed by atoms with van der Waals surface area (Å²) in [5.74, 6) is 0.373. The fourth-order valence-corrected chi connectivity index (χ4v) is 5.35. The van der Waals surface area contributed by atoms with E-state index in [1.54, 1.807) is 28.8 Å². The second-order valence-electron chi connectivity index (χ2n) is 6.88. The highest BCUT2D eigenvalue weighted by molar-refractivity contribution is 8.13. The molecule has 1 unspecified atom stereocenters. The number of hydrogen-bond acceptors (Lipinski definition) is 6. The third-order valence-electron chi connectivity index (χ3n) is 4.93. The molecular weight excluding hydrogens is 443 g/mol. The number of nitrogens with one attached hydrogen (secondary N) is 1. The summed E-state index contributed by atoms with van der Waals surface area (Å²) in [4.78, 5) is 17.6. The fourth-order valence-electron chi connectivity index (χ4n) is 3.44. The summed E-state index contributed by atoms with van der Waals surface area (Å²) in [5.41, 5.74) is 5.96. The molecule has 2 aromatic carbocycles. The zero-order chi connectivity index (χ0) is 20.7. The van der Waals surface area contributed by atoms with Gasteiger partial charge in [-0.05, 0) is 46.8 Å². The highest BCUT2D eigenvalue weighted by atomic mass is 35.5. The van der Waals surface area contributed by atoms with Gasteiger partial charge in [0.15, 0.2) is 5.17 Å². The molecule has 2 aliphatic heterocycles. The standard InChI is InChI=1S/C21H16ClFN4OS2/c22-15-5-1-14(2-6-15)12-30-21-25-24-20-26(11-13-3-7-16(23)8-4-13)19(28)18-17(27(20)21)9-10-29-18/h1-10,20,24H,11-12H2. The molecule has 3 heterocycles. The largest absolute Gasteiger partial charge is 0.294 e. The van der Waals surface area contributed by atoms with Crippen LogP contribution in [0.1, 0.15) is 20.8 Å². The second-order valence-corrected chi connectivity index (χ2v) is 9.17. The second kappa shape index (κ2) is 7.94. The molecule has 0 saturated carbocycles. The summed E-state index contributed by atoms with van der Waals surface area (Å²) in [6.45, 7) is 0.356. The first kappa shape index (κ1) is 19.4.